The van der Waals surface area contributed by atoms with Gasteiger partial charge < -0.3 is 10.0 Å². The van der Waals surface area contributed by atoms with Gasteiger partial charge in [0.2, 0.25) is 0 Å². The quantitative estimate of drug-likeness (QED) is 0.820. The molecule has 1 aromatic carbocycles. The van der Waals surface area contributed by atoms with Crippen LogP contribution in [0, 0.1) is 12.3 Å². The molecule has 0 spiro atoms. The summed E-state index contributed by atoms with van der Waals surface area (Å²) in [5.41, 5.74) is 2.89. The molecule has 2 heteroatoms. The molecule has 0 radical (unpaired) electrons. The minimum absolute atomic E-state index is 0.221. The van der Waals surface area contributed by atoms with Crippen molar-refractivity contribution >= 4 is 0 Å². The van der Waals surface area contributed by atoms with E-state index in [9.17, 15) is 5.11 Å². The smallest absolute Gasteiger partial charge is 0.0499 e. The van der Waals surface area contributed by atoms with Crippen molar-refractivity contribution in [2.24, 2.45) is 5.41 Å². The van der Waals surface area contributed by atoms with Gasteiger partial charge in [-0.25, -0.2) is 0 Å². The van der Waals surface area contributed by atoms with Crippen LogP contribution in [-0.4, -0.2) is 30.2 Å². The lowest BCUT2D eigenvalue weighted by molar-refractivity contribution is 0.161. The lowest BCUT2D eigenvalue weighted by Crippen LogP contribution is -2.28. The minimum Gasteiger partial charge on any atom is -0.396 e. The van der Waals surface area contributed by atoms with E-state index in [0.717, 1.165) is 13.1 Å². The van der Waals surface area contributed by atoms with E-state index in [2.05, 4.69) is 43.1 Å². The number of nitrogens with zero attached hydrogens (tertiary/aromatic N) is 1. The zero-order chi connectivity index (χ0) is 11.6. The van der Waals surface area contributed by atoms with Crippen LogP contribution in [0.1, 0.15) is 24.0 Å². The number of benzene rings is 1. The Bertz CT molecular complexity index is 358. The average molecular weight is 219 g/mol. The molecule has 0 unspecified atom stereocenters. The van der Waals surface area contributed by atoms with Gasteiger partial charge in [-0.3, -0.25) is 0 Å². The second kappa shape index (κ2) is 4.56. The number of aryl methyl sites for hydroxylation is 1. The summed E-state index contributed by atoms with van der Waals surface area (Å²) >= 11 is 0. The van der Waals surface area contributed by atoms with Crippen LogP contribution >= 0.6 is 0 Å². The Hall–Kier alpha value is -0.860. The first-order valence-electron chi connectivity index (χ1n) is 5.99. The Balaban J connectivity index is 1.89. The molecule has 1 saturated carbocycles. The summed E-state index contributed by atoms with van der Waals surface area (Å²) in [5.74, 6) is 0. The third-order valence-electron chi connectivity index (χ3n) is 3.43. The molecular weight excluding hydrogens is 198 g/mol. The van der Waals surface area contributed by atoms with Crippen molar-refractivity contribution in [3.05, 3.63) is 35.4 Å². The van der Waals surface area contributed by atoms with Crippen LogP contribution < -0.4 is 0 Å². The topological polar surface area (TPSA) is 23.5 Å². The molecule has 0 heterocycles. The first-order chi connectivity index (χ1) is 7.63. The number of aliphatic hydroxyl groups excluding tert-OH is 1. The summed E-state index contributed by atoms with van der Waals surface area (Å²) in [4.78, 5) is 2.32. The van der Waals surface area contributed by atoms with Gasteiger partial charge in [0.05, 0.1) is 0 Å². The molecule has 1 N–H and O–H groups in total. The van der Waals surface area contributed by atoms with Crippen LogP contribution in [-0.2, 0) is 6.54 Å². The van der Waals surface area contributed by atoms with E-state index in [0.29, 0.717) is 6.61 Å². The van der Waals surface area contributed by atoms with Crippen molar-refractivity contribution in [3.63, 3.8) is 0 Å². The van der Waals surface area contributed by atoms with E-state index in [-0.39, 0.29) is 5.41 Å². The van der Waals surface area contributed by atoms with E-state index in [1.54, 1.807) is 0 Å². The summed E-state index contributed by atoms with van der Waals surface area (Å²) in [6.07, 6.45) is 2.36. The third-order valence-corrected chi connectivity index (χ3v) is 3.43. The van der Waals surface area contributed by atoms with Crippen molar-refractivity contribution < 1.29 is 5.11 Å². The van der Waals surface area contributed by atoms with E-state index in [4.69, 9.17) is 0 Å². The van der Waals surface area contributed by atoms with Crippen molar-refractivity contribution in [1.82, 2.24) is 4.90 Å². The maximum absolute atomic E-state index is 9.29. The van der Waals surface area contributed by atoms with Crippen LogP contribution in [0.3, 0.4) is 0 Å². The van der Waals surface area contributed by atoms with Crippen LogP contribution in [0.5, 0.6) is 0 Å². The third kappa shape index (κ3) is 2.83. The highest BCUT2D eigenvalue weighted by Gasteiger charge is 2.42. The van der Waals surface area contributed by atoms with Gasteiger partial charge in [0.25, 0.3) is 0 Å². The molecular formula is C14H21NO. The van der Waals surface area contributed by atoms with Gasteiger partial charge >= 0.3 is 0 Å². The fraction of sp³-hybridized carbons (Fsp3) is 0.571. The van der Waals surface area contributed by atoms with Gasteiger partial charge in [0.1, 0.15) is 0 Å². The monoisotopic (exact) mass is 219 g/mol. The summed E-state index contributed by atoms with van der Waals surface area (Å²) in [6.45, 7) is 4.45. The first-order valence-corrected chi connectivity index (χ1v) is 5.99. The largest absolute Gasteiger partial charge is 0.396 e. The molecule has 2 rings (SSSR count). The van der Waals surface area contributed by atoms with Gasteiger partial charge in [-0.05, 0) is 32.4 Å². The van der Waals surface area contributed by atoms with Crippen LogP contribution in [0.15, 0.2) is 24.3 Å². The highest BCUT2D eigenvalue weighted by molar-refractivity contribution is 5.22. The molecule has 1 fully saturated rings. The van der Waals surface area contributed by atoms with Gasteiger partial charge in [0.15, 0.2) is 0 Å². The predicted octanol–water partition coefficient (Wildman–Crippen LogP) is 2.20. The molecule has 0 aliphatic heterocycles. The van der Waals surface area contributed by atoms with Crippen molar-refractivity contribution in [3.8, 4) is 0 Å². The SMILES string of the molecule is Cc1cccc(CN(C)CC2(CO)CC2)c1. The molecule has 0 aromatic heterocycles. The van der Waals surface area contributed by atoms with Crippen LogP contribution in [0.25, 0.3) is 0 Å². The lowest BCUT2D eigenvalue weighted by Gasteiger charge is -2.22. The predicted molar refractivity (Wildman–Crippen MR) is 66.3 cm³/mol. The Morgan fingerprint density at radius 1 is 1.38 bits per heavy atom. The molecule has 1 aliphatic carbocycles. The molecule has 0 atom stereocenters. The molecule has 16 heavy (non-hydrogen) atoms. The summed E-state index contributed by atoms with van der Waals surface area (Å²) in [5, 5.41) is 9.29. The lowest BCUT2D eigenvalue weighted by atomic mass is 10.1. The maximum atomic E-state index is 9.29. The fourth-order valence-electron chi connectivity index (χ4n) is 2.29. The molecule has 0 amide bonds. The van der Waals surface area contributed by atoms with Crippen LogP contribution in [0.2, 0.25) is 0 Å². The average Bonchev–Trinajstić information content (AvgIpc) is 2.98. The van der Waals surface area contributed by atoms with Crippen molar-refractivity contribution in [2.45, 2.75) is 26.3 Å². The molecule has 2 nitrogen and oxygen atoms in total. The van der Waals surface area contributed by atoms with Gasteiger partial charge in [-0.2, -0.15) is 0 Å². The maximum Gasteiger partial charge on any atom is 0.0499 e. The van der Waals surface area contributed by atoms with E-state index in [1.807, 2.05) is 0 Å². The van der Waals surface area contributed by atoms with Crippen molar-refractivity contribution in [1.29, 1.82) is 0 Å². The summed E-state index contributed by atoms with van der Waals surface area (Å²) in [6, 6.07) is 8.63. The Labute approximate surface area is 97.9 Å². The summed E-state index contributed by atoms with van der Waals surface area (Å²) < 4.78 is 0. The second-order valence-corrected chi connectivity index (χ2v) is 5.32. The Morgan fingerprint density at radius 3 is 2.69 bits per heavy atom. The zero-order valence-electron chi connectivity index (χ0n) is 10.2. The molecule has 0 saturated heterocycles. The molecule has 88 valence electrons. The molecule has 1 aliphatic rings. The van der Waals surface area contributed by atoms with Crippen molar-refractivity contribution in [2.75, 3.05) is 20.2 Å². The van der Waals surface area contributed by atoms with Gasteiger partial charge in [0, 0.05) is 25.1 Å². The normalized spacial score (nSPS) is 17.8. The zero-order valence-corrected chi connectivity index (χ0v) is 10.2. The number of aliphatic hydroxyl groups is 1. The second-order valence-electron chi connectivity index (χ2n) is 5.32. The summed E-state index contributed by atoms with van der Waals surface area (Å²) in [7, 11) is 2.14. The molecule has 0 bridgehead atoms. The van der Waals surface area contributed by atoms with E-state index < -0.39 is 0 Å². The molecule has 1 aromatic rings. The number of hydrogen-bond acceptors (Lipinski definition) is 2. The fourth-order valence-corrected chi connectivity index (χ4v) is 2.29. The highest BCUT2D eigenvalue weighted by atomic mass is 16.3. The Kier molecular flexibility index (Phi) is 3.31. The minimum atomic E-state index is 0.221. The van der Waals surface area contributed by atoms with E-state index >= 15 is 0 Å². The number of rotatable bonds is 5. The highest BCUT2D eigenvalue weighted by Crippen LogP contribution is 2.45. The standard InChI is InChI=1S/C14H21NO/c1-12-4-3-5-13(8-12)9-15(2)10-14(11-16)6-7-14/h3-5,8,16H,6-7,9-11H2,1-2H3. The van der Waals surface area contributed by atoms with Crippen LogP contribution in [0.4, 0.5) is 0 Å². The number of hydrogen-bond donors (Lipinski definition) is 1. The van der Waals surface area contributed by atoms with E-state index in [1.165, 1.54) is 24.0 Å². The van der Waals surface area contributed by atoms with Gasteiger partial charge in [-0.1, -0.05) is 29.8 Å². The first kappa shape index (κ1) is 11.6. The Morgan fingerprint density at radius 2 is 2.12 bits per heavy atom. The van der Waals surface area contributed by atoms with Gasteiger partial charge in [-0.15, -0.1) is 0 Å².